The van der Waals surface area contributed by atoms with Crippen molar-refractivity contribution in [3.8, 4) is 11.8 Å². The highest BCUT2D eigenvalue weighted by atomic mass is 32.2. The molecule has 1 heterocycles. The molecular formula is C18H15F2N3O2S. The quantitative estimate of drug-likeness (QED) is 0.687. The molecule has 26 heavy (non-hydrogen) atoms. The molecule has 134 valence electrons. The summed E-state index contributed by atoms with van der Waals surface area (Å²) in [5.74, 6) is 3.08. The number of halogens is 2. The Kier molecular flexibility index (Phi) is 4.91. The van der Waals surface area contributed by atoms with Gasteiger partial charge in [-0.1, -0.05) is 18.8 Å². The molecule has 0 saturated carbocycles. The van der Waals surface area contributed by atoms with E-state index in [1.807, 2.05) is 0 Å². The molecule has 0 radical (unpaired) electrons. The summed E-state index contributed by atoms with van der Waals surface area (Å²) in [4.78, 5) is 0. The average molecular weight is 375 g/mol. The van der Waals surface area contributed by atoms with E-state index in [1.54, 1.807) is 31.3 Å². The van der Waals surface area contributed by atoms with E-state index in [0.717, 1.165) is 23.0 Å². The van der Waals surface area contributed by atoms with Crippen LogP contribution in [-0.2, 0) is 10.0 Å². The summed E-state index contributed by atoms with van der Waals surface area (Å²) in [5, 5.41) is 7.50. The number of aromatic nitrogens is 2. The molecule has 0 saturated heterocycles. The second kappa shape index (κ2) is 7.14. The Bertz CT molecular complexity index is 1130. The molecule has 2 N–H and O–H groups in total. The number of benzene rings is 2. The molecule has 2 aromatic carbocycles. The van der Waals surface area contributed by atoms with Crippen molar-refractivity contribution in [2.45, 2.75) is 13.3 Å². The molecule has 0 aliphatic rings. The maximum Gasteiger partial charge on any atom is 0.232 e. The van der Waals surface area contributed by atoms with Crippen molar-refractivity contribution in [3.63, 3.8) is 0 Å². The molecule has 0 bridgehead atoms. The zero-order valence-electron chi connectivity index (χ0n) is 13.8. The zero-order chi connectivity index (χ0) is 18.7. The maximum atomic E-state index is 14.5. The first-order valence-electron chi connectivity index (χ1n) is 7.83. The predicted octanol–water partition coefficient (Wildman–Crippen LogP) is 3.39. The van der Waals surface area contributed by atoms with Gasteiger partial charge >= 0.3 is 0 Å². The Morgan fingerprint density at radius 1 is 1.19 bits per heavy atom. The van der Waals surface area contributed by atoms with Gasteiger partial charge in [0.1, 0.15) is 5.82 Å². The van der Waals surface area contributed by atoms with E-state index in [2.05, 4.69) is 26.8 Å². The van der Waals surface area contributed by atoms with Gasteiger partial charge in [0.15, 0.2) is 5.82 Å². The molecule has 3 rings (SSSR count). The number of anilines is 1. The molecule has 0 fully saturated rings. The molecule has 0 amide bonds. The molecule has 1 aromatic heterocycles. The lowest BCUT2D eigenvalue weighted by Crippen LogP contribution is -2.17. The molecule has 8 heteroatoms. The van der Waals surface area contributed by atoms with E-state index in [9.17, 15) is 17.2 Å². The minimum Gasteiger partial charge on any atom is -0.281 e. The van der Waals surface area contributed by atoms with Crippen LogP contribution in [0.1, 0.15) is 24.5 Å². The first kappa shape index (κ1) is 17.9. The van der Waals surface area contributed by atoms with Gasteiger partial charge in [-0.25, -0.2) is 17.2 Å². The number of nitrogens with one attached hydrogen (secondary N) is 2. The number of hydrogen-bond acceptors (Lipinski definition) is 3. The number of sulfonamides is 1. The maximum absolute atomic E-state index is 14.5. The van der Waals surface area contributed by atoms with Gasteiger partial charge in [-0.2, -0.15) is 5.10 Å². The molecule has 0 unspecified atom stereocenters. The molecule has 3 aromatic rings. The Morgan fingerprint density at radius 2 is 2.00 bits per heavy atom. The van der Waals surface area contributed by atoms with E-state index in [1.165, 1.54) is 0 Å². The lowest BCUT2D eigenvalue weighted by molar-refractivity contribution is 0.577. The summed E-state index contributed by atoms with van der Waals surface area (Å²) >= 11 is 0. The number of aromatic amines is 1. The van der Waals surface area contributed by atoms with Crippen LogP contribution in [0.5, 0.6) is 0 Å². The first-order valence-corrected chi connectivity index (χ1v) is 9.48. The van der Waals surface area contributed by atoms with Gasteiger partial charge in [-0.15, -0.1) is 0 Å². The van der Waals surface area contributed by atoms with Crippen molar-refractivity contribution < 1.29 is 17.2 Å². The lowest BCUT2D eigenvalue weighted by Gasteiger charge is -2.09. The third kappa shape index (κ3) is 3.83. The monoisotopic (exact) mass is 375 g/mol. The van der Waals surface area contributed by atoms with Gasteiger partial charge in [-0.3, -0.25) is 9.82 Å². The van der Waals surface area contributed by atoms with Crippen molar-refractivity contribution in [2.75, 3.05) is 10.5 Å². The molecule has 0 aliphatic heterocycles. The van der Waals surface area contributed by atoms with Gasteiger partial charge in [0, 0.05) is 10.9 Å². The average Bonchev–Trinajstić information content (AvgIpc) is 3.05. The zero-order valence-corrected chi connectivity index (χ0v) is 14.6. The fourth-order valence-electron chi connectivity index (χ4n) is 2.39. The molecule has 5 nitrogen and oxygen atoms in total. The van der Waals surface area contributed by atoms with Gasteiger partial charge in [0.25, 0.3) is 0 Å². The van der Waals surface area contributed by atoms with Crippen LogP contribution in [0.2, 0.25) is 0 Å². The van der Waals surface area contributed by atoms with E-state index >= 15 is 0 Å². The minimum absolute atomic E-state index is 0.157. The largest absolute Gasteiger partial charge is 0.281 e. The third-order valence-electron chi connectivity index (χ3n) is 3.60. The minimum atomic E-state index is -3.69. The van der Waals surface area contributed by atoms with E-state index < -0.39 is 27.2 Å². The highest BCUT2D eigenvalue weighted by molar-refractivity contribution is 7.92. The molecule has 0 spiro atoms. The van der Waals surface area contributed by atoms with Gasteiger partial charge in [0.2, 0.25) is 10.0 Å². The highest BCUT2D eigenvalue weighted by Crippen LogP contribution is 2.22. The Balaban J connectivity index is 1.96. The van der Waals surface area contributed by atoms with Gasteiger partial charge in [-0.05, 0) is 36.8 Å². The van der Waals surface area contributed by atoms with Crippen LogP contribution in [0, 0.1) is 23.5 Å². The first-order chi connectivity index (χ1) is 12.4. The topological polar surface area (TPSA) is 74.8 Å². The summed E-state index contributed by atoms with van der Waals surface area (Å²) in [6.45, 7) is 1.69. The van der Waals surface area contributed by atoms with Crippen molar-refractivity contribution in [1.29, 1.82) is 0 Å². The summed E-state index contributed by atoms with van der Waals surface area (Å²) < 4.78 is 54.3. The molecular weight excluding hydrogens is 360 g/mol. The van der Waals surface area contributed by atoms with Crippen LogP contribution in [0.4, 0.5) is 14.5 Å². The number of hydrogen-bond donors (Lipinski definition) is 2. The molecule has 0 aliphatic carbocycles. The second-order valence-electron chi connectivity index (χ2n) is 5.63. The fourth-order valence-corrected chi connectivity index (χ4v) is 3.52. The molecule has 0 atom stereocenters. The Morgan fingerprint density at radius 3 is 2.77 bits per heavy atom. The summed E-state index contributed by atoms with van der Waals surface area (Å²) in [6, 6.07) is 7.21. The number of fused-ring (bicyclic) bond motifs is 1. The Hall–Kier alpha value is -2.92. The van der Waals surface area contributed by atoms with Crippen molar-refractivity contribution in [3.05, 3.63) is 59.3 Å². The van der Waals surface area contributed by atoms with Crippen molar-refractivity contribution >= 4 is 26.6 Å². The van der Waals surface area contributed by atoms with Crippen molar-refractivity contribution in [1.82, 2.24) is 10.2 Å². The lowest BCUT2D eigenvalue weighted by atomic mass is 10.1. The third-order valence-corrected chi connectivity index (χ3v) is 5.08. The van der Waals surface area contributed by atoms with E-state index in [4.69, 9.17) is 0 Å². The van der Waals surface area contributed by atoms with Crippen LogP contribution in [-0.4, -0.2) is 24.4 Å². The fraction of sp³-hybridized carbons (Fsp3) is 0.167. The Labute approximate surface area is 149 Å². The van der Waals surface area contributed by atoms with E-state index in [0.29, 0.717) is 12.0 Å². The number of rotatable bonds is 4. The number of nitrogens with zero attached hydrogens (tertiary/aromatic N) is 1. The van der Waals surface area contributed by atoms with Gasteiger partial charge < -0.3 is 0 Å². The predicted molar refractivity (Wildman–Crippen MR) is 96.1 cm³/mol. The van der Waals surface area contributed by atoms with Crippen LogP contribution in [0.25, 0.3) is 10.9 Å². The summed E-state index contributed by atoms with van der Waals surface area (Å²) in [7, 11) is -3.69. The normalized spacial score (nSPS) is 11.2. The SMILES string of the molecule is CCCS(=O)(=O)Nc1ccc(F)c(C#Cc2ccc3[nH]ncc3c2)c1F. The summed E-state index contributed by atoms with van der Waals surface area (Å²) in [5.41, 5.74) is 0.554. The van der Waals surface area contributed by atoms with E-state index in [-0.39, 0.29) is 11.4 Å². The number of H-pyrrole nitrogens is 1. The van der Waals surface area contributed by atoms with Crippen LogP contribution >= 0.6 is 0 Å². The van der Waals surface area contributed by atoms with Crippen LogP contribution in [0.3, 0.4) is 0 Å². The van der Waals surface area contributed by atoms with Crippen LogP contribution in [0.15, 0.2) is 36.5 Å². The summed E-state index contributed by atoms with van der Waals surface area (Å²) in [6.07, 6.45) is 1.99. The van der Waals surface area contributed by atoms with Gasteiger partial charge in [0.05, 0.1) is 28.7 Å². The van der Waals surface area contributed by atoms with Crippen molar-refractivity contribution in [2.24, 2.45) is 0 Å². The smallest absolute Gasteiger partial charge is 0.232 e. The standard InChI is InChI=1S/C18H15F2N3O2S/c1-2-9-26(24,25)23-17-8-6-15(19)14(18(17)20)5-3-12-4-7-16-13(10-12)11-21-22-16/h4,6-8,10-11,23H,2,9H2,1H3,(H,21,22). The van der Waals surface area contributed by atoms with Crippen LogP contribution < -0.4 is 4.72 Å². The highest BCUT2D eigenvalue weighted by Gasteiger charge is 2.16. The second-order valence-corrected chi connectivity index (χ2v) is 7.47.